The average Bonchev–Trinajstić information content (AvgIpc) is 2.22. The maximum absolute atomic E-state index is 5.78. The van der Waals surface area contributed by atoms with Crippen molar-refractivity contribution in [2.24, 2.45) is 0 Å². The summed E-state index contributed by atoms with van der Waals surface area (Å²) in [6.45, 7) is 1.24. The molecule has 15 heavy (non-hydrogen) atoms. The quantitative estimate of drug-likeness (QED) is 0.749. The van der Waals surface area contributed by atoms with E-state index in [-0.39, 0.29) is 0 Å². The van der Waals surface area contributed by atoms with E-state index < -0.39 is 0 Å². The van der Waals surface area contributed by atoms with E-state index in [9.17, 15) is 0 Å². The number of nitrogens with zero attached hydrogens (tertiary/aromatic N) is 1. The minimum absolute atomic E-state index is 0.709. The highest BCUT2D eigenvalue weighted by Gasteiger charge is 2.18. The number of nitrogen functional groups attached to an aromatic ring is 1. The fourth-order valence-electron chi connectivity index (χ4n) is 2.39. The minimum Gasteiger partial charge on any atom is -0.399 e. The van der Waals surface area contributed by atoms with E-state index in [1.807, 2.05) is 12.1 Å². The van der Waals surface area contributed by atoms with Gasteiger partial charge in [-0.25, -0.2) is 0 Å². The van der Waals surface area contributed by atoms with Gasteiger partial charge in [-0.3, -0.25) is 0 Å². The van der Waals surface area contributed by atoms with Crippen molar-refractivity contribution in [1.82, 2.24) is 4.90 Å². The maximum atomic E-state index is 5.78. The zero-order chi connectivity index (χ0) is 10.7. The SMILES string of the molecule is CN1CCCCC1Cc1cccc(N)c1. The number of anilines is 1. The molecule has 2 heteroatoms. The first-order valence-electron chi connectivity index (χ1n) is 5.80. The number of likely N-dealkylation sites (N-methyl/N-ethyl adjacent to an activating group) is 1. The Balaban J connectivity index is 2.01. The number of hydrogen-bond acceptors (Lipinski definition) is 2. The van der Waals surface area contributed by atoms with Crippen molar-refractivity contribution in [3.05, 3.63) is 29.8 Å². The Kier molecular flexibility index (Phi) is 3.27. The van der Waals surface area contributed by atoms with Crippen LogP contribution in [0.4, 0.5) is 5.69 Å². The van der Waals surface area contributed by atoms with Crippen LogP contribution in [-0.2, 0) is 6.42 Å². The van der Waals surface area contributed by atoms with Crippen molar-refractivity contribution >= 4 is 5.69 Å². The number of nitrogens with two attached hydrogens (primary N) is 1. The standard InChI is InChI=1S/C13H20N2/c1-15-8-3-2-7-13(15)10-11-5-4-6-12(14)9-11/h4-6,9,13H,2-3,7-8,10,14H2,1H3. The summed E-state index contributed by atoms with van der Waals surface area (Å²) in [5, 5.41) is 0. The molecule has 2 N–H and O–H groups in total. The van der Waals surface area contributed by atoms with Crippen molar-refractivity contribution < 1.29 is 0 Å². The van der Waals surface area contributed by atoms with Crippen molar-refractivity contribution in [3.8, 4) is 0 Å². The van der Waals surface area contributed by atoms with Crippen LogP contribution < -0.4 is 5.73 Å². The lowest BCUT2D eigenvalue weighted by molar-refractivity contribution is 0.184. The number of hydrogen-bond donors (Lipinski definition) is 1. The third kappa shape index (κ3) is 2.72. The second-order valence-corrected chi connectivity index (χ2v) is 4.58. The lowest BCUT2D eigenvalue weighted by atomic mass is 9.96. The van der Waals surface area contributed by atoms with E-state index in [1.165, 1.54) is 31.4 Å². The Morgan fingerprint density at radius 2 is 2.27 bits per heavy atom. The molecule has 0 amide bonds. The first-order valence-corrected chi connectivity index (χ1v) is 5.80. The fraction of sp³-hybridized carbons (Fsp3) is 0.538. The maximum Gasteiger partial charge on any atom is 0.0316 e. The second kappa shape index (κ2) is 4.67. The van der Waals surface area contributed by atoms with Crippen LogP contribution in [0.15, 0.2) is 24.3 Å². The van der Waals surface area contributed by atoms with Gasteiger partial charge in [0.2, 0.25) is 0 Å². The van der Waals surface area contributed by atoms with Crippen molar-refractivity contribution in [3.63, 3.8) is 0 Å². The topological polar surface area (TPSA) is 29.3 Å². The summed E-state index contributed by atoms with van der Waals surface area (Å²) in [5.41, 5.74) is 8.03. The van der Waals surface area contributed by atoms with Crippen LogP contribution in [0.3, 0.4) is 0 Å². The van der Waals surface area contributed by atoms with Gasteiger partial charge in [0.1, 0.15) is 0 Å². The minimum atomic E-state index is 0.709. The molecule has 1 atom stereocenters. The Morgan fingerprint density at radius 1 is 1.40 bits per heavy atom. The smallest absolute Gasteiger partial charge is 0.0316 e. The third-order valence-electron chi connectivity index (χ3n) is 3.34. The average molecular weight is 204 g/mol. The summed E-state index contributed by atoms with van der Waals surface area (Å²) in [4.78, 5) is 2.48. The summed E-state index contributed by atoms with van der Waals surface area (Å²) in [7, 11) is 2.23. The summed E-state index contributed by atoms with van der Waals surface area (Å²) in [6.07, 6.45) is 5.19. The third-order valence-corrected chi connectivity index (χ3v) is 3.34. The largest absolute Gasteiger partial charge is 0.399 e. The Labute approximate surface area is 92.1 Å². The highest BCUT2D eigenvalue weighted by molar-refractivity contribution is 5.40. The zero-order valence-corrected chi connectivity index (χ0v) is 9.45. The monoisotopic (exact) mass is 204 g/mol. The molecule has 1 heterocycles. The molecule has 1 aliphatic heterocycles. The van der Waals surface area contributed by atoms with E-state index >= 15 is 0 Å². The van der Waals surface area contributed by atoms with Gasteiger partial charge in [0.15, 0.2) is 0 Å². The van der Waals surface area contributed by atoms with Crippen LogP contribution in [0.2, 0.25) is 0 Å². The molecule has 82 valence electrons. The van der Waals surface area contributed by atoms with Crippen molar-refractivity contribution in [2.75, 3.05) is 19.3 Å². The lowest BCUT2D eigenvalue weighted by Gasteiger charge is -2.32. The van der Waals surface area contributed by atoms with E-state index in [1.54, 1.807) is 0 Å². The molecule has 1 aromatic rings. The highest BCUT2D eigenvalue weighted by Crippen LogP contribution is 2.19. The molecule has 2 nitrogen and oxygen atoms in total. The molecule has 1 fully saturated rings. The summed E-state index contributed by atoms with van der Waals surface area (Å²) < 4.78 is 0. The van der Waals surface area contributed by atoms with Gasteiger partial charge < -0.3 is 10.6 Å². The normalized spacial score (nSPS) is 22.9. The van der Waals surface area contributed by atoms with Crippen LogP contribution in [0, 0.1) is 0 Å². The molecule has 1 aliphatic rings. The van der Waals surface area contributed by atoms with Crippen molar-refractivity contribution in [2.45, 2.75) is 31.7 Å². The van der Waals surface area contributed by atoms with Gasteiger partial charge in [-0.15, -0.1) is 0 Å². The molecule has 1 unspecified atom stereocenters. The molecular weight excluding hydrogens is 184 g/mol. The number of piperidine rings is 1. The van der Waals surface area contributed by atoms with Gasteiger partial charge in [0.25, 0.3) is 0 Å². The Hall–Kier alpha value is -1.02. The predicted molar refractivity (Wildman–Crippen MR) is 64.8 cm³/mol. The van der Waals surface area contributed by atoms with Gasteiger partial charge >= 0.3 is 0 Å². The predicted octanol–water partition coefficient (Wildman–Crippen LogP) is 2.30. The lowest BCUT2D eigenvalue weighted by Crippen LogP contribution is -2.37. The van der Waals surface area contributed by atoms with Gasteiger partial charge in [-0.2, -0.15) is 0 Å². The number of likely N-dealkylation sites (tertiary alicyclic amines) is 1. The molecule has 0 aromatic heterocycles. The van der Waals surface area contributed by atoms with Crippen LogP contribution in [0.25, 0.3) is 0 Å². The molecule has 0 radical (unpaired) electrons. The van der Waals surface area contributed by atoms with Gasteiger partial charge in [0.05, 0.1) is 0 Å². The summed E-state index contributed by atoms with van der Waals surface area (Å²) >= 11 is 0. The van der Waals surface area contributed by atoms with E-state index in [0.717, 1.165) is 12.1 Å². The van der Waals surface area contributed by atoms with Crippen LogP contribution in [-0.4, -0.2) is 24.5 Å². The van der Waals surface area contributed by atoms with Crippen LogP contribution in [0.5, 0.6) is 0 Å². The molecule has 0 saturated carbocycles. The molecule has 2 rings (SSSR count). The van der Waals surface area contributed by atoms with E-state index in [4.69, 9.17) is 5.73 Å². The first kappa shape index (κ1) is 10.5. The second-order valence-electron chi connectivity index (χ2n) is 4.58. The summed E-state index contributed by atoms with van der Waals surface area (Å²) in [6, 6.07) is 8.99. The Bertz CT molecular complexity index is 322. The van der Waals surface area contributed by atoms with Crippen LogP contribution in [0.1, 0.15) is 24.8 Å². The first-order chi connectivity index (χ1) is 7.25. The van der Waals surface area contributed by atoms with E-state index in [0.29, 0.717) is 6.04 Å². The fourth-order valence-corrected chi connectivity index (χ4v) is 2.39. The molecule has 1 aromatic carbocycles. The Morgan fingerprint density at radius 3 is 3.00 bits per heavy atom. The number of rotatable bonds is 2. The van der Waals surface area contributed by atoms with Crippen molar-refractivity contribution in [1.29, 1.82) is 0 Å². The van der Waals surface area contributed by atoms with E-state index in [2.05, 4.69) is 24.1 Å². The molecule has 0 spiro atoms. The molecule has 0 bridgehead atoms. The summed E-state index contributed by atoms with van der Waals surface area (Å²) in [5.74, 6) is 0. The number of benzene rings is 1. The highest BCUT2D eigenvalue weighted by atomic mass is 15.1. The molecular formula is C13H20N2. The molecule has 0 aliphatic carbocycles. The van der Waals surface area contributed by atoms with Gasteiger partial charge in [0, 0.05) is 11.7 Å². The zero-order valence-electron chi connectivity index (χ0n) is 9.45. The van der Waals surface area contributed by atoms with Crippen LogP contribution >= 0.6 is 0 Å². The molecule has 1 saturated heterocycles. The van der Waals surface area contributed by atoms with Gasteiger partial charge in [-0.05, 0) is 50.6 Å². The van der Waals surface area contributed by atoms with Gasteiger partial charge in [-0.1, -0.05) is 18.6 Å².